The molecule has 2 rings (SSSR count). The predicted molar refractivity (Wildman–Crippen MR) is 92.0 cm³/mol. The number of nitrogens with one attached hydrogen (secondary N) is 1. The van der Waals surface area contributed by atoms with Gasteiger partial charge in [-0.2, -0.15) is 0 Å². The number of nitrogen functional groups attached to an aromatic ring is 1. The van der Waals surface area contributed by atoms with Gasteiger partial charge in [0.05, 0.1) is 12.3 Å². The summed E-state index contributed by atoms with van der Waals surface area (Å²) >= 11 is 4.83. The van der Waals surface area contributed by atoms with Gasteiger partial charge in [-0.3, -0.25) is 4.79 Å². The molecular formula is C15H19BrN2O2S. The number of hydrogen-bond donors (Lipinski definition) is 2. The number of thiophene rings is 1. The van der Waals surface area contributed by atoms with Crippen LogP contribution in [0, 0.1) is 0 Å². The van der Waals surface area contributed by atoms with Crippen LogP contribution in [0.4, 0.5) is 5.69 Å². The molecule has 0 unspecified atom stereocenters. The van der Waals surface area contributed by atoms with Crippen LogP contribution in [0.2, 0.25) is 0 Å². The van der Waals surface area contributed by atoms with Crippen LogP contribution in [0.15, 0.2) is 22.7 Å². The fraction of sp³-hybridized carbons (Fsp3) is 0.400. The van der Waals surface area contributed by atoms with Crippen molar-refractivity contribution in [3.63, 3.8) is 0 Å². The number of carbonyl (C=O) groups excluding carboxylic acids is 1. The number of unbranched alkanes of at least 4 members (excludes halogenated alkanes) is 1. The van der Waals surface area contributed by atoms with E-state index in [1.165, 1.54) is 11.3 Å². The number of halogens is 1. The zero-order valence-electron chi connectivity index (χ0n) is 11.9. The minimum atomic E-state index is -0.135. The van der Waals surface area contributed by atoms with Crippen molar-refractivity contribution in [3.8, 4) is 0 Å². The van der Waals surface area contributed by atoms with Gasteiger partial charge in [0.2, 0.25) is 0 Å². The van der Waals surface area contributed by atoms with Crippen LogP contribution >= 0.6 is 27.3 Å². The summed E-state index contributed by atoms with van der Waals surface area (Å²) in [5, 5.41) is 3.76. The molecule has 0 aliphatic heterocycles. The Kier molecular flexibility index (Phi) is 6.02. The van der Waals surface area contributed by atoms with Crippen molar-refractivity contribution < 1.29 is 9.53 Å². The van der Waals surface area contributed by atoms with E-state index in [9.17, 15) is 4.79 Å². The normalized spacial score (nSPS) is 11.0. The van der Waals surface area contributed by atoms with Crippen LogP contribution in [-0.4, -0.2) is 25.7 Å². The SMILES string of the molecule is CCCCOCCNC(=O)c1sc2ccc(Br)cc2c1N. The zero-order valence-corrected chi connectivity index (χ0v) is 14.4. The van der Waals surface area contributed by atoms with E-state index in [1.807, 2.05) is 18.2 Å². The van der Waals surface area contributed by atoms with Crippen molar-refractivity contribution in [2.75, 3.05) is 25.5 Å². The zero-order chi connectivity index (χ0) is 15.2. The molecule has 1 heterocycles. The van der Waals surface area contributed by atoms with Gasteiger partial charge in [-0.15, -0.1) is 11.3 Å². The first-order valence-corrected chi connectivity index (χ1v) is 8.58. The van der Waals surface area contributed by atoms with Gasteiger partial charge in [0.1, 0.15) is 4.88 Å². The second kappa shape index (κ2) is 7.77. The van der Waals surface area contributed by atoms with Crippen molar-refractivity contribution in [1.29, 1.82) is 0 Å². The van der Waals surface area contributed by atoms with E-state index in [-0.39, 0.29) is 5.91 Å². The second-order valence-corrected chi connectivity index (χ2v) is 6.68. The third kappa shape index (κ3) is 4.18. The summed E-state index contributed by atoms with van der Waals surface area (Å²) in [4.78, 5) is 12.7. The smallest absolute Gasteiger partial charge is 0.263 e. The van der Waals surface area contributed by atoms with Gasteiger partial charge in [-0.25, -0.2) is 0 Å². The summed E-state index contributed by atoms with van der Waals surface area (Å²) in [6.07, 6.45) is 2.16. The van der Waals surface area contributed by atoms with Gasteiger partial charge in [0.25, 0.3) is 5.91 Å². The molecule has 0 radical (unpaired) electrons. The lowest BCUT2D eigenvalue weighted by molar-refractivity contribution is 0.0917. The van der Waals surface area contributed by atoms with Crippen molar-refractivity contribution >= 4 is 48.9 Å². The third-order valence-corrected chi connectivity index (χ3v) is 4.75. The number of amides is 1. The van der Waals surface area contributed by atoms with E-state index < -0.39 is 0 Å². The quantitative estimate of drug-likeness (QED) is 0.728. The van der Waals surface area contributed by atoms with Gasteiger partial charge in [-0.05, 0) is 24.6 Å². The molecule has 1 aromatic carbocycles. The van der Waals surface area contributed by atoms with Gasteiger partial charge in [0, 0.05) is 27.7 Å². The number of fused-ring (bicyclic) bond motifs is 1. The fourth-order valence-corrected chi connectivity index (χ4v) is 3.30. The molecule has 0 aliphatic rings. The van der Waals surface area contributed by atoms with E-state index in [4.69, 9.17) is 10.5 Å². The molecule has 3 N–H and O–H groups in total. The second-order valence-electron chi connectivity index (χ2n) is 4.71. The Balaban J connectivity index is 1.95. The van der Waals surface area contributed by atoms with Crippen LogP contribution in [0.1, 0.15) is 29.4 Å². The number of hydrogen-bond acceptors (Lipinski definition) is 4. The molecule has 114 valence electrons. The highest BCUT2D eigenvalue weighted by atomic mass is 79.9. The van der Waals surface area contributed by atoms with Gasteiger partial charge >= 0.3 is 0 Å². The molecule has 0 saturated heterocycles. The van der Waals surface area contributed by atoms with Crippen LogP contribution in [0.25, 0.3) is 10.1 Å². The highest BCUT2D eigenvalue weighted by Crippen LogP contribution is 2.35. The first-order chi connectivity index (χ1) is 10.1. The number of rotatable bonds is 7. The topological polar surface area (TPSA) is 64.3 Å². The van der Waals surface area contributed by atoms with Crippen LogP contribution in [-0.2, 0) is 4.74 Å². The molecule has 0 fully saturated rings. The van der Waals surface area contributed by atoms with E-state index in [0.717, 1.165) is 34.0 Å². The molecule has 1 aromatic heterocycles. The largest absolute Gasteiger partial charge is 0.397 e. The standard InChI is InChI=1S/C15H19BrN2O2S/c1-2-3-7-20-8-6-18-15(19)14-13(17)11-9-10(16)4-5-12(11)21-14/h4-5,9H,2-3,6-8,17H2,1H3,(H,18,19). The summed E-state index contributed by atoms with van der Waals surface area (Å²) in [6.45, 7) is 3.89. The summed E-state index contributed by atoms with van der Waals surface area (Å²) < 4.78 is 7.38. The molecule has 4 nitrogen and oxygen atoms in total. The highest BCUT2D eigenvalue weighted by molar-refractivity contribution is 9.10. The third-order valence-electron chi connectivity index (χ3n) is 3.07. The van der Waals surface area contributed by atoms with Gasteiger partial charge in [0.15, 0.2) is 0 Å². The lowest BCUT2D eigenvalue weighted by Gasteiger charge is -2.05. The van der Waals surface area contributed by atoms with E-state index in [2.05, 4.69) is 28.2 Å². The summed E-state index contributed by atoms with van der Waals surface area (Å²) in [5.41, 5.74) is 6.62. The minimum Gasteiger partial charge on any atom is -0.397 e. The first-order valence-electron chi connectivity index (χ1n) is 6.97. The van der Waals surface area contributed by atoms with Crippen LogP contribution in [0.3, 0.4) is 0 Å². The van der Waals surface area contributed by atoms with Crippen LogP contribution < -0.4 is 11.1 Å². The maximum atomic E-state index is 12.2. The minimum absolute atomic E-state index is 0.135. The Morgan fingerprint density at radius 1 is 1.43 bits per heavy atom. The molecule has 0 aliphatic carbocycles. The Morgan fingerprint density at radius 3 is 3.00 bits per heavy atom. The number of benzene rings is 1. The lowest BCUT2D eigenvalue weighted by Crippen LogP contribution is -2.27. The molecule has 2 aromatic rings. The predicted octanol–water partition coefficient (Wildman–Crippen LogP) is 3.79. The van der Waals surface area contributed by atoms with Crippen molar-refractivity contribution in [2.24, 2.45) is 0 Å². The Hall–Kier alpha value is -1.11. The molecule has 0 bridgehead atoms. The molecule has 1 amide bonds. The Bertz CT molecular complexity index is 627. The molecule has 0 spiro atoms. The van der Waals surface area contributed by atoms with Crippen LogP contribution in [0.5, 0.6) is 0 Å². The molecule has 6 heteroatoms. The summed E-state index contributed by atoms with van der Waals surface area (Å²) in [5.74, 6) is -0.135. The average Bonchev–Trinajstić information content (AvgIpc) is 2.79. The maximum Gasteiger partial charge on any atom is 0.263 e. The summed E-state index contributed by atoms with van der Waals surface area (Å²) in [7, 11) is 0. The van der Waals surface area contributed by atoms with Gasteiger partial charge < -0.3 is 15.8 Å². The van der Waals surface area contributed by atoms with Crippen molar-refractivity contribution in [2.45, 2.75) is 19.8 Å². The van der Waals surface area contributed by atoms with Crippen molar-refractivity contribution in [1.82, 2.24) is 5.32 Å². The maximum absolute atomic E-state index is 12.2. The first kappa shape index (κ1) is 16.3. The molecular weight excluding hydrogens is 352 g/mol. The molecule has 0 saturated carbocycles. The molecule has 21 heavy (non-hydrogen) atoms. The Morgan fingerprint density at radius 2 is 2.24 bits per heavy atom. The number of ether oxygens (including phenoxy) is 1. The highest BCUT2D eigenvalue weighted by Gasteiger charge is 2.16. The molecule has 0 atom stereocenters. The van der Waals surface area contributed by atoms with E-state index >= 15 is 0 Å². The Labute approximate surface area is 136 Å². The van der Waals surface area contributed by atoms with E-state index in [0.29, 0.717) is 23.7 Å². The summed E-state index contributed by atoms with van der Waals surface area (Å²) in [6, 6.07) is 5.85. The lowest BCUT2D eigenvalue weighted by atomic mass is 10.2. The van der Waals surface area contributed by atoms with Crippen molar-refractivity contribution in [3.05, 3.63) is 27.5 Å². The number of nitrogens with two attached hydrogens (primary N) is 1. The fourth-order valence-electron chi connectivity index (χ4n) is 1.92. The van der Waals surface area contributed by atoms with Gasteiger partial charge in [-0.1, -0.05) is 29.3 Å². The number of carbonyl (C=O) groups is 1. The number of anilines is 1. The van der Waals surface area contributed by atoms with E-state index in [1.54, 1.807) is 0 Å². The monoisotopic (exact) mass is 370 g/mol. The average molecular weight is 371 g/mol.